The molecule has 0 unspecified atom stereocenters. The number of hydrogen-bond acceptors (Lipinski definition) is 3. The molecule has 118 valence electrons. The van der Waals surface area contributed by atoms with E-state index in [2.05, 4.69) is 11.6 Å². The molecule has 4 nitrogen and oxygen atoms in total. The van der Waals surface area contributed by atoms with Gasteiger partial charge in [-0.2, -0.15) is 0 Å². The van der Waals surface area contributed by atoms with E-state index >= 15 is 0 Å². The average molecular weight is 311 g/mol. The summed E-state index contributed by atoms with van der Waals surface area (Å²) in [5.41, 5.74) is 9.91. The topological polar surface area (TPSA) is 52.5 Å². The van der Waals surface area contributed by atoms with Gasteiger partial charge in [0.25, 0.3) is 0 Å². The Bertz CT molecular complexity index is 853. The fraction of sp³-hybridized carbons (Fsp3) is 0.167. The second-order valence-electron chi connectivity index (χ2n) is 5.46. The van der Waals surface area contributed by atoms with Crippen LogP contribution in [0.1, 0.15) is 12.6 Å². The molecule has 2 aromatic heterocycles. The summed E-state index contributed by atoms with van der Waals surface area (Å²) in [7, 11) is 0. The molecule has 0 radical (unpaired) electrons. The van der Waals surface area contributed by atoms with Gasteiger partial charge in [0.2, 0.25) is 0 Å². The summed E-state index contributed by atoms with van der Waals surface area (Å²) in [6.45, 7) is 6.48. The van der Waals surface area contributed by atoms with E-state index in [0.717, 1.165) is 28.3 Å². The Morgan fingerprint density at radius 1 is 1.26 bits per heavy atom. The van der Waals surface area contributed by atoms with Crippen LogP contribution in [0.5, 0.6) is 5.75 Å². The molecule has 5 heteroatoms. The Hall–Kier alpha value is -2.66. The van der Waals surface area contributed by atoms with Gasteiger partial charge in [-0.15, -0.1) is 0 Å². The fourth-order valence-electron chi connectivity index (χ4n) is 2.41. The lowest BCUT2D eigenvalue weighted by molar-refractivity contribution is 0.353. The van der Waals surface area contributed by atoms with Gasteiger partial charge in [0.15, 0.2) is 0 Å². The Labute approximate surface area is 134 Å². The maximum atomic E-state index is 13.5. The summed E-state index contributed by atoms with van der Waals surface area (Å²) < 4.78 is 20.7. The van der Waals surface area contributed by atoms with Gasteiger partial charge in [-0.1, -0.05) is 6.58 Å². The number of nitrogens with zero attached hydrogens (tertiary/aromatic N) is 2. The van der Waals surface area contributed by atoms with Crippen LogP contribution in [0.3, 0.4) is 0 Å². The summed E-state index contributed by atoms with van der Waals surface area (Å²) in [5, 5.41) is 0. The number of imidazole rings is 1. The highest BCUT2D eigenvalue weighted by molar-refractivity contribution is 5.67. The van der Waals surface area contributed by atoms with E-state index in [0.29, 0.717) is 12.3 Å². The first-order valence-corrected chi connectivity index (χ1v) is 7.32. The Kier molecular flexibility index (Phi) is 4.12. The second-order valence-corrected chi connectivity index (χ2v) is 5.46. The van der Waals surface area contributed by atoms with Crippen LogP contribution in [0, 0.1) is 5.82 Å². The molecule has 3 rings (SSSR count). The highest BCUT2D eigenvalue weighted by Crippen LogP contribution is 2.26. The molecule has 0 saturated heterocycles. The van der Waals surface area contributed by atoms with E-state index in [1.54, 1.807) is 10.5 Å². The summed E-state index contributed by atoms with van der Waals surface area (Å²) >= 11 is 0. The monoisotopic (exact) mass is 311 g/mol. The molecule has 0 aliphatic carbocycles. The number of hydrogen-bond donors (Lipinski definition) is 1. The van der Waals surface area contributed by atoms with Gasteiger partial charge in [0, 0.05) is 18.3 Å². The predicted molar refractivity (Wildman–Crippen MR) is 88.8 cm³/mol. The zero-order chi connectivity index (χ0) is 16.4. The minimum atomic E-state index is -0.320. The number of halogens is 1. The smallest absolute Gasteiger partial charge is 0.139 e. The highest BCUT2D eigenvalue weighted by Gasteiger charge is 2.13. The molecule has 23 heavy (non-hydrogen) atoms. The van der Waals surface area contributed by atoms with Crippen LogP contribution < -0.4 is 10.5 Å². The largest absolute Gasteiger partial charge is 0.489 e. The first kappa shape index (κ1) is 15.2. The molecule has 3 aromatic rings. The molecule has 0 saturated carbocycles. The van der Waals surface area contributed by atoms with Crippen LogP contribution in [-0.4, -0.2) is 16.0 Å². The van der Waals surface area contributed by atoms with Gasteiger partial charge in [-0.3, -0.25) is 4.40 Å². The molecule has 2 N–H and O–H groups in total. The summed E-state index contributed by atoms with van der Waals surface area (Å²) in [6, 6.07) is 10.6. The lowest BCUT2D eigenvalue weighted by Gasteiger charge is -2.07. The van der Waals surface area contributed by atoms with Crippen molar-refractivity contribution in [3.8, 4) is 17.0 Å². The maximum absolute atomic E-state index is 13.5. The van der Waals surface area contributed by atoms with Gasteiger partial charge < -0.3 is 10.5 Å². The van der Waals surface area contributed by atoms with Crippen molar-refractivity contribution in [1.29, 1.82) is 0 Å². The summed E-state index contributed by atoms with van der Waals surface area (Å²) in [4.78, 5) is 4.56. The number of pyridine rings is 1. The fourth-order valence-corrected chi connectivity index (χ4v) is 2.41. The molecule has 0 spiro atoms. The molecular formula is C18H18FN3O. The molecule has 0 amide bonds. The van der Waals surface area contributed by atoms with Gasteiger partial charge in [0.1, 0.15) is 23.8 Å². The minimum absolute atomic E-state index is 0.272. The SMILES string of the molecule is C=C(C)COc1ccc(-c2nc3ccc(F)cn3c2CN)cc1. The van der Waals surface area contributed by atoms with Gasteiger partial charge >= 0.3 is 0 Å². The van der Waals surface area contributed by atoms with Crippen LogP contribution in [0.25, 0.3) is 16.9 Å². The van der Waals surface area contributed by atoms with Crippen molar-refractivity contribution < 1.29 is 9.13 Å². The number of rotatable bonds is 5. The molecule has 0 aliphatic heterocycles. The molecule has 1 aromatic carbocycles. The third kappa shape index (κ3) is 3.10. The second kappa shape index (κ2) is 6.22. The van der Waals surface area contributed by atoms with Gasteiger partial charge in [-0.25, -0.2) is 9.37 Å². The van der Waals surface area contributed by atoms with Crippen molar-refractivity contribution in [2.45, 2.75) is 13.5 Å². The minimum Gasteiger partial charge on any atom is -0.489 e. The lowest BCUT2D eigenvalue weighted by Crippen LogP contribution is -2.03. The van der Waals surface area contributed by atoms with Crippen molar-refractivity contribution >= 4 is 5.65 Å². The first-order chi connectivity index (χ1) is 11.1. The molecule has 0 fully saturated rings. The first-order valence-electron chi connectivity index (χ1n) is 7.32. The van der Waals surface area contributed by atoms with E-state index in [1.807, 2.05) is 31.2 Å². The van der Waals surface area contributed by atoms with E-state index in [-0.39, 0.29) is 12.4 Å². The van der Waals surface area contributed by atoms with E-state index in [4.69, 9.17) is 10.5 Å². The van der Waals surface area contributed by atoms with Crippen LogP contribution in [0.4, 0.5) is 4.39 Å². The van der Waals surface area contributed by atoms with E-state index < -0.39 is 0 Å². The number of fused-ring (bicyclic) bond motifs is 1. The molecular weight excluding hydrogens is 293 g/mol. The van der Waals surface area contributed by atoms with Crippen LogP contribution in [-0.2, 0) is 6.54 Å². The zero-order valence-corrected chi connectivity index (χ0v) is 12.9. The summed E-state index contributed by atoms with van der Waals surface area (Å²) in [6.07, 6.45) is 1.40. The maximum Gasteiger partial charge on any atom is 0.139 e. The molecule has 0 bridgehead atoms. The van der Waals surface area contributed by atoms with Crippen LogP contribution in [0.2, 0.25) is 0 Å². The van der Waals surface area contributed by atoms with Crippen molar-refractivity contribution in [1.82, 2.24) is 9.38 Å². The molecule has 2 heterocycles. The number of aromatic nitrogens is 2. The van der Waals surface area contributed by atoms with E-state index in [9.17, 15) is 4.39 Å². The van der Waals surface area contributed by atoms with E-state index in [1.165, 1.54) is 12.3 Å². The lowest BCUT2D eigenvalue weighted by atomic mass is 10.1. The third-order valence-corrected chi connectivity index (χ3v) is 3.49. The van der Waals surface area contributed by atoms with Crippen LogP contribution >= 0.6 is 0 Å². The zero-order valence-electron chi connectivity index (χ0n) is 12.9. The highest BCUT2D eigenvalue weighted by atomic mass is 19.1. The van der Waals surface area contributed by atoms with Crippen LogP contribution in [0.15, 0.2) is 54.7 Å². The van der Waals surface area contributed by atoms with Crippen molar-refractivity contribution in [3.63, 3.8) is 0 Å². The number of benzene rings is 1. The van der Waals surface area contributed by atoms with Crippen molar-refractivity contribution in [2.24, 2.45) is 5.73 Å². The molecule has 0 atom stereocenters. The van der Waals surface area contributed by atoms with Crippen molar-refractivity contribution in [2.75, 3.05) is 6.61 Å². The Morgan fingerprint density at radius 2 is 2.00 bits per heavy atom. The Balaban J connectivity index is 1.98. The Morgan fingerprint density at radius 3 is 2.65 bits per heavy atom. The van der Waals surface area contributed by atoms with Gasteiger partial charge in [-0.05, 0) is 48.9 Å². The van der Waals surface area contributed by atoms with Gasteiger partial charge in [0.05, 0.1) is 11.4 Å². The summed E-state index contributed by atoms with van der Waals surface area (Å²) in [5.74, 6) is 0.445. The quantitative estimate of drug-likeness (QED) is 0.733. The number of ether oxygens (including phenoxy) is 1. The normalized spacial score (nSPS) is 10.9. The number of nitrogens with two attached hydrogens (primary N) is 1. The standard InChI is InChI=1S/C18H18FN3O/c1-12(2)11-23-15-6-3-13(4-7-15)18-16(9-20)22-10-14(19)5-8-17(22)21-18/h3-8,10H,1,9,11,20H2,2H3. The predicted octanol–water partition coefficient (Wildman–Crippen LogP) is 3.55. The third-order valence-electron chi connectivity index (χ3n) is 3.49. The average Bonchev–Trinajstić information content (AvgIpc) is 2.91. The van der Waals surface area contributed by atoms with Crippen molar-refractivity contribution in [3.05, 3.63) is 66.3 Å². The molecule has 0 aliphatic rings.